The molecule has 1 aliphatic rings. The van der Waals surface area contributed by atoms with Gasteiger partial charge in [-0.15, -0.1) is 11.6 Å². The van der Waals surface area contributed by atoms with Crippen LogP contribution < -0.4 is 0 Å². The Hall–Kier alpha value is -0.0400. The van der Waals surface area contributed by atoms with Crippen LogP contribution in [0.3, 0.4) is 0 Å². The van der Waals surface area contributed by atoms with Crippen LogP contribution in [-0.4, -0.2) is 11.5 Å². The minimum absolute atomic E-state index is 0.343. The molecule has 0 saturated carbocycles. The lowest BCUT2D eigenvalue weighted by Crippen LogP contribution is -2.18. The van der Waals surface area contributed by atoms with E-state index in [1.165, 1.54) is 6.08 Å². The third-order valence-corrected chi connectivity index (χ3v) is 1.17. The fourth-order valence-electron chi connectivity index (χ4n) is 0.279. The van der Waals surface area contributed by atoms with E-state index in [0.717, 1.165) is 0 Å². The molecule has 2 atom stereocenters. The van der Waals surface area contributed by atoms with Gasteiger partial charge in [-0.25, -0.2) is 4.39 Å². The Balaban J connectivity index is 2.45. The standard InChI is InChI=1S/C4H4ClF/c5-3-1-2-4(3)6/h1-4H/t3-,4+/m1/s1. The van der Waals surface area contributed by atoms with E-state index in [1.807, 2.05) is 0 Å². The maximum Gasteiger partial charge on any atom is 0.138 e. The minimum Gasteiger partial charge on any atom is -0.241 e. The van der Waals surface area contributed by atoms with Crippen LogP contribution in [-0.2, 0) is 0 Å². The van der Waals surface area contributed by atoms with Gasteiger partial charge in [-0.3, -0.25) is 0 Å². The molecule has 0 nitrogen and oxygen atoms in total. The van der Waals surface area contributed by atoms with Crippen LogP contribution >= 0.6 is 11.6 Å². The number of allylic oxidation sites excluding steroid dienone is 2. The van der Waals surface area contributed by atoms with Gasteiger partial charge in [0.15, 0.2) is 0 Å². The van der Waals surface area contributed by atoms with Gasteiger partial charge in [0.05, 0.1) is 5.38 Å². The summed E-state index contributed by atoms with van der Waals surface area (Å²) in [5, 5.41) is -0.343. The van der Waals surface area contributed by atoms with Gasteiger partial charge in [-0.05, 0) is 0 Å². The number of halogens is 2. The summed E-state index contributed by atoms with van der Waals surface area (Å²) < 4.78 is 11.7. The fraction of sp³-hybridized carbons (Fsp3) is 0.500. The largest absolute Gasteiger partial charge is 0.241 e. The molecule has 34 valence electrons. The summed E-state index contributed by atoms with van der Waals surface area (Å²) in [6.07, 6.45) is 2.19. The molecule has 0 aliphatic heterocycles. The zero-order chi connectivity index (χ0) is 4.57. The molecular weight excluding hydrogens is 102 g/mol. The lowest BCUT2D eigenvalue weighted by Gasteiger charge is -2.13. The average Bonchev–Trinajstić information content (AvgIpc) is 1.61. The molecule has 0 N–H and O–H groups in total. The molecule has 0 spiro atoms. The molecule has 0 amide bonds. The minimum atomic E-state index is -0.883. The van der Waals surface area contributed by atoms with Crippen molar-refractivity contribution in [1.82, 2.24) is 0 Å². The summed E-state index contributed by atoms with van der Waals surface area (Å²) in [6.45, 7) is 0. The van der Waals surface area contributed by atoms with Crippen LogP contribution in [0.2, 0.25) is 0 Å². The first kappa shape index (κ1) is 4.13. The van der Waals surface area contributed by atoms with Crippen molar-refractivity contribution in [3.63, 3.8) is 0 Å². The zero-order valence-electron chi connectivity index (χ0n) is 3.07. The molecular formula is C4H4ClF. The lowest BCUT2D eigenvalue weighted by atomic mass is 10.1. The maximum absolute atomic E-state index is 11.7. The van der Waals surface area contributed by atoms with Crippen molar-refractivity contribution in [3.05, 3.63) is 12.2 Å². The van der Waals surface area contributed by atoms with Crippen molar-refractivity contribution in [2.24, 2.45) is 0 Å². The van der Waals surface area contributed by atoms with Gasteiger partial charge in [0.1, 0.15) is 6.17 Å². The summed E-state index contributed by atoms with van der Waals surface area (Å²) >= 11 is 5.24. The van der Waals surface area contributed by atoms with E-state index < -0.39 is 6.17 Å². The van der Waals surface area contributed by atoms with Crippen LogP contribution in [0.1, 0.15) is 0 Å². The van der Waals surface area contributed by atoms with Crippen molar-refractivity contribution < 1.29 is 4.39 Å². The summed E-state index contributed by atoms with van der Waals surface area (Å²) in [5.74, 6) is 0. The van der Waals surface area contributed by atoms with Crippen molar-refractivity contribution in [3.8, 4) is 0 Å². The second-order valence-electron chi connectivity index (χ2n) is 1.27. The van der Waals surface area contributed by atoms with Crippen LogP contribution in [0.4, 0.5) is 4.39 Å². The summed E-state index contributed by atoms with van der Waals surface area (Å²) in [5.41, 5.74) is 0. The first-order chi connectivity index (χ1) is 2.80. The molecule has 0 aromatic carbocycles. The predicted octanol–water partition coefficient (Wildman–Crippen LogP) is 1.50. The van der Waals surface area contributed by atoms with E-state index in [4.69, 9.17) is 11.6 Å². The molecule has 6 heavy (non-hydrogen) atoms. The molecule has 0 unspecified atom stereocenters. The van der Waals surface area contributed by atoms with E-state index in [2.05, 4.69) is 0 Å². The third kappa shape index (κ3) is 0.432. The fourth-order valence-corrected chi connectivity index (χ4v) is 0.447. The number of alkyl halides is 2. The SMILES string of the molecule is F[C@H]1C=C[C@H]1Cl. The van der Waals surface area contributed by atoms with E-state index >= 15 is 0 Å². The average molecular weight is 107 g/mol. The second-order valence-corrected chi connectivity index (χ2v) is 1.78. The van der Waals surface area contributed by atoms with Crippen molar-refractivity contribution in [1.29, 1.82) is 0 Å². The highest BCUT2D eigenvalue weighted by Crippen LogP contribution is 2.18. The van der Waals surface area contributed by atoms with Crippen molar-refractivity contribution >= 4 is 11.6 Å². The Morgan fingerprint density at radius 1 is 1.50 bits per heavy atom. The lowest BCUT2D eigenvalue weighted by molar-refractivity contribution is 0.383. The molecule has 0 heterocycles. The van der Waals surface area contributed by atoms with Crippen LogP contribution in [0.5, 0.6) is 0 Å². The molecule has 0 fully saturated rings. The highest BCUT2D eigenvalue weighted by atomic mass is 35.5. The monoisotopic (exact) mass is 106 g/mol. The first-order valence-electron chi connectivity index (χ1n) is 1.77. The van der Waals surface area contributed by atoms with Crippen LogP contribution in [0.15, 0.2) is 12.2 Å². The summed E-state index contributed by atoms with van der Waals surface area (Å²) in [4.78, 5) is 0. The highest BCUT2D eigenvalue weighted by molar-refractivity contribution is 6.23. The Kier molecular flexibility index (Phi) is 0.845. The van der Waals surface area contributed by atoms with Crippen molar-refractivity contribution in [2.75, 3.05) is 0 Å². The Morgan fingerprint density at radius 2 is 2.00 bits per heavy atom. The molecule has 0 bridgehead atoms. The number of hydrogen-bond acceptors (Lipinski definition) is 0. The predicted molar refractivity (Wildman–Crippen MR) is 23.7 cm³/mol. The zero-order valence-corrected chi connectivity index (χ0v) is 3.82. The van der Waals surface area contributed by atoms with E-state index in [1.54, 1.807) is 6.08 Å². The molecule has 0 saturated heterocycles. The molecule has 1 aliphatic carbocycles. The number of rotatable bonds is 0. The quantitative estimate of drug-likeness (QED) is 0.324. The first-order valence-corrected chi connectivity index (χ1v) is 2.21. The molecule has 0 aromatic heterocycles. The van der Waals surface area contributed by atoms with Gasteiger partial charge >= 0.3 is 0 Å². The van der Waals surface area contributed by atoms with Crippen LogP contribution in [0.25, 0.3) is 0 Å². The molecule has 1 rings (SSSR count). The Labute approximate surface area is 40.6 Å². The van der Waals surface area contributed by atoms with E-state index in [0.29, 0.717) is 0 Å². The molecule has 0 radical (unpaired) electrons. The van der Waals surface area contributed by atoms with Gasteiger partial charge in [0, 0.05) is 0 Å². The maximum atomic E-state index is 11.7. The Morgan fingerprint density at radius 3 is 2.00 bits per heavy atom. The van der Waals surface area contributed by atoms with Crippen molar-refractivity contribution in [2.45, 2.75) is 11.5 Å². The normalized spacial score (nSPS) is 42.3. The Bertz CT molecular complexity index is 69.6. The van der Waals surface area contributed by atoms with E-state index in [9.17, 15) is 4.39 Å². The topological polar surface area (TPSA) is 0 Å². The summed E-state index contributed by atoms with van der Waals surface area (Å²) in [7, 11) is 0. The van der Waals surface area contributed by atoms with Gasteiger partial charge in [-0.1, -0.05) is 12.2 Å². The van der Waals surface area contributed by atoms with E-state index in [-0.39, 0.29) is 5.38 Å². The second kappa shape index (κ2) is 1.23. The smallest absolute Gasteiger partial charge is 0.138 e. The van der Waals surface area contributed by atoms with Gasteiger partial charge < -0.3 is 0 Å². The van der Waals surface area contributed by atoms with Crippen LogP contribution in [0, 0.1) is 0 Å². The molecule has 2 heteroatoms. The van der Waals surface area contributed by atoms with Gasteiger partial charge in [0.2, 0.25) is 0 Å². The van der Waals surface area contributed by atoms with Gasteiger partial charge in [-0.2, -0.15) is 0 Å². The third-order valence-electron chi connectivity index (χ3n) is 0.783. The highest BCUT2D eigenvalue weighted by Gasteiger charge is 2.19. The molecule has 0 aromatic rings. The van der Waals surface area contributed by atoms with Gasteiger partial charge in [0.25, 0.3) is 0 Å². The number of hydrogen-bond donors (Lipinski definition) is 0. The summed E-state index contributed by atoms with van der Waals surface area (Å²) in [6, 6.07) is 0.